The topological polar surface area (TPSA) is 32.3 Å². The molecule has 0 aliphatic carbocycles. The summed E-state index contributed by atoms with van der Waals surface area (Å²) in [5, 5.41) is 3.66. The molecule has 1 aromatic heterocycles. The van der Waals surface area contributed by atoms with Crippen LogP contribution in [0.2, 0.25) is 9.36 Å². The monoisotopic (exact) mass is 354 g/mol. The number of rotatable bonds is 7. The first kappa shape index (κ1) is 16.9. The number of thiophene rings is 1. The maximum atomic E-state index is 12.4. The van der Waals surface area contributed by atoms with Gasteiger partial charge in [-0.05, 0) is 24.3 Å². The van der Waals surface area contributed by atoms with E-state index >= 15 is 0 Å². The zero-order valence-electron chi connectivity index (χ0n) is 11.9. The second kappa shape index (κ2) is 8.22. The Hall–Kier alpha value is -1.49. The number of carbonyl (C=O) groups is 1. The van der Waals surface area contributed by atoms with Crippen LogP contribution < -0.4 is 5.32 Å². The van der Waals surface area contributed by atoms with Crippen LogP contribution in [-0.4, -0.2) is 23.9 Å². The lowest BCUT2D eigenvalue weighted by Crippen LogP contribution is -2.35. The average Bonchev–Trinajstić information content (AvgIpc) is 2.91. The van der Waals surface area contributed by atoms with Crippen molar-refractivity contribution in [3.63, 3.8) is 0 Å². The fourth-order valence-electron chi connectivity index (χ4n) is 1.92. The predicted octanol–water partition coefficient (Wildman–Crippen LogP) is 4.68. The molecule has 1 N–H and O–H groups in total. The molecule has 1 heterocycles. The zero-order valence-corrected chi connectivity index (χ0v) is 14.2. The molecule has 0 fully saturated rings. The molecule has 0 saturated heterocycles. The summed E-state index contributed by atoms with van der Waals surface area (Å²) in [7, 11) is 0. The molecule has 0 atom stereocenters. The first-order valence-electron chi connectivity index (χ1n) is 6.71. The van der Waals surface area contributed by atoms with Crippen molar-refractivity contribution in [2.75, 3.05) is 18.4 Å². The summed E-state index contributed by atoms with van der Waals surface area (Å²) in [5.41, 5.74) is 0.746. The number of amides is 1. The third-order valence-electron chi connectivity index (χ3n) is 2.98. The second-order valence-electron chi connectivity index (χ2n) is 4.60. The van der Waals surface area contributed by atoms with Crippen LogP contribution in [0.15, 0.2) is 49.1 Å². The van der Waals surface area contributed by atoms with E-state index in [-0.39, 0.29) is 12.5 Å². The van der Waals surface area contributed by atoms with Gasteiger partial charge in [0.2, 0.25) is 5.91 Å². The molecular weight excluding hydrogens is 339 g/mol. The third-order valence-corrected chi connectivity index (χ3v) is 4.53. The average molecular weight is 355 g/mol. The molecule has 0 aliphatic rings. The molecule has 0 saturated carbocycles. The Bertz CT molecular complexity index is 657. The van der Waals surface area contributed by atoms with Crippen molar-refractivity contribution >= 4 is 46.1 Å². The number of anilines is 1. The first-order valence-corrected chi connectivity index (χ1v) is 8.28. The van der Waals surface area contributed by atoms with Crippen molar-refractivity contribution in [1.82, 2.24) is 4.90 Å². The van der Waals surface area contributed by atoms with Crippen LogP contribution in [-0.2, 0) is 11.3 Å². The molecule has 0 radical (unpaired) electrons. The quantitative estimate of drug-likeness (QED) is 0.732. The SMILES string of the molecule is C=CCN(Cc1ccc(Cl)s1)C(=O)CNc1ccccc1Cl. The number of hydrogen-bond donors (Lipinski definition) is 1. The molecular formula is C16H16Cl2N2OS. The van der Waals surface area contributed by atoms with E-state index in [2.05, 4.69) is 11.9 Å². The van der Waals surface area contributed by atoms with Crippen molar-refractivity contribution < 1.29 is 4.79 Å². The molecule has 3 nitrogen and oxygen atoms in total. The standard InChI is InChI=1S/C16H16Cl2N2OS/c1-2-9-20(11-12-7-8-15(18)22-12)16(21)10-19-14-6-4-3-5-13(14)17/h2-8,19H,1,9-11H2. The minimum Gasteiger partial charge on any atom is -0.375 e. The highest BCUT2D eigenvalue weighted by atomic mass is 35.5. The predicted molar refractivity (Wildman–Crippen MR) is 94.9 cm³/mol. The summed E-state index contributed by atoms with van der Waals surface area (Å²) >= 11 is 13.5. The van der Waals surface area contributed by atoms with E-state index in [1.165, 1.54) is 11.3 Å². The van der Waals surface area contributed by atoms with Gasteiger partial charge in [-0.25, -0.2) is 0 Å². The van der Waals surface area contributed by atoms with Crippen molar-refractivity contribution in [3.05, 3.63) is 63.3 Å². The lowest BCUT2D eigenvalue weighted by molar-refractivity contribution is -0.129. The lowest BCUT2D eigenvalue weighted by atomic mass is 10.3. The Morgan fingerprint density at radius 1 is 1.27 bits per heavy atom. The second-order valence-corrected chi connectivity index (χ2v) is 6.81. The molecule has 0 unspecified atom stereocenters. The Morgan fingerprint density at radius 2 is 2.05 bits per heavy atom. The number of hydrogen-bond acceptors (Lipinski definition) is 3. The van der Waals surface area contributed by atoms with Gasteiger partial charge in [0.05, 0.1) is 28.1 Å². The molecule has 1 amide bonds. The van der Waals surface area contributed by atoms with Crippen LogP contribution in [0, 0.1) is 0 Å². The Kier molecular flexibility index (Phi) is 6.31. The van der Waals surface area contributed by atoms with Gasteiger partial charge >= 0.3 is 0 Å². The van der Waals surface area contributed by atoms with Gasteiger partial charge in [0.15, 0.2) is 0 Å². The normalized spacial score (nSPS) is 10.3. The summed E-state index contributed by atoms with van der Waals surface area (Å²) in [6.07, 6.45) is 1.71. The van der Waals surface area contributed by atoms with E-state index < -0.39 is 0 Å². The van der Waals surface area contributed by atoms with Gasteiger partial charge in [-0.3, -0.25) is 4.79 Å². The molecule has 22 heavy (non-hydrogen) atoms. The molecule has 2 aromatic rings. The lowest BCUT2D eigenvalue weighted by Gasteiger charge is -2.21. The summed E-state index contributed by atoms with van der Waals surface area (Å²) < 4.78 is 0.718. The number of benzene rings is 1. The van der Waals surface area contributed by atoms with E-state index in [1.807, 2.05) is 30.3 Å². The molecule has 0 bridgehead atoms. The number of para-hydroxylation sites is 1. The highest BCUT2D eigenvalue weighted by Crippen LogP contribution is 2.23. The smallest absolute Gasteiger partial charge is 0.242 e. The molecule has 2 rings (SSSR count). The fraction of sp³-hybridized carbons (Fsp3) is 0.188. The third kappa shape index (κ3) is 4.77. The van der Waals surface area contributed by atoms with Crippen LogP contribution in [0.25, 0.3) is 0 Å². The maximum Gasteiger partial charge on any atom is 0.242 e. The van der Waals surface area contributed by atoms with E-state index in [1.54, 1.807) is 17.0 Å². The van der Waals surface area contributed by atoms with Gasteiger partial charge in [-0.15, -0.1) is 17.9 Å². The van der Waals surface area contributed by atoms with Gasteiger partial charge in [-0.1, -0.05) is 41.4 Å². The minimum absolute atomic E-state index is 0.0238. The Morgan fingerprint density at radius 3 is 2.68 bits per heavy atom. The zero-order chi connectivity index (χ0) is 15.9. The van der Waals surface area contributed by atoms with E-state index in [0.29, 0.717) is 18.1 Å². The Balaban J connectivity index is 1.97. The summed E-state index contributed by atoms with van der Waals surface area (Å²) in [6, 6.07) is 11.1. The van der Waals surface area contributed by atoms with Gasteiger partial charge in [-0.2, -0.15) is 0 Å². The highest BCUT2D eigenvalue weighted by molar-refractivity contribution is 7.16. The summed E-state index contributed by atoms with van der Waals surface area (Å²) in [5.74, 6) is -0.0238. The van der Waals surface area contributed by atoms with E-state index in [0.717, 1.165) is 14.9 Å². The van der Waals surface area contributed by atoms with Crippen molar-refractivity contribution in [3.8, 4) is 0 Å². The summed E-state index contributed by atoms with van der Waals surface area (Å²) in [6.45, 7) is 4.89. The number of carbonyl (C=O) groups excluding carboxylic acids is 1. The molecule has 0 aliphatic heterocycles. The van der Waals surface area contributed by atoms with Gasteiger partial charge < -0.3 is 10.2 Å². The van der Waals surface area contributed by atoms with Crippen LogP contribution in [0.5, 0.6) is 0 Å². The van der Waals surface area contributed by atoms with E-state index in [9.17, 15) is 4.79 Å². The Labute approximate surface area is 144 Å². The van der Waals surface area contributed by atoms with Gasteiger partial charge in [0, 0.05) is 11.4 Å². The van der Waals surface area contributed by atoms with Crippen LogP contribution in [0.3, 0.4) is 0 Å². The number of halogens is 2. The van der Waals surface area contributed by atoms with Gasteiger partial charge in [0.25, 0.3) is 0 Å². The fourth-order valence-corrected chi connectivity index (χ4v) is 3.23. The minimum atomic E-state index is -0.0238. The van der Waals surface area contributed by atoms with Crippen molar-refractivity contribution in [2.24, 2.45) is 0 Å². The largest absolute Gasteiger partial charge is 0.375 e. The molecule has 1 aromatic carbocycles. The molecule has 116 valence electrons. The first-order chi connectivity index (χ1) is 10.6. The maximum absolute atomic E-state index is 12.4. The van der Waals surface area contributed by atoms with Gasteiger partial charge in [0.1, 0.15) is 0 Å². The van der Waals surface area contributed by atoms with E-state index in [4.69, 9.17) is 23.2 Å². The molecule has 6 heteroatoms. The van der Waals surface area contributed by atoms with Crippen molar-refractivity contribution in [1.29, 1.82) is 0 Å². The molecule has 0 spiro atoms. The number of nitrogens with one attached hydrogen (secondary N) is 1. The summed E-state index contributed by atoms with van der Waals surface area (Å²) in [4.78, 5) is 15.1. The van der Waals surface area contributed by atoms with Crippen molar-refractivity contribution in [2.45, 2.75) is 6.54 Å². The van der Waals surface area contributed by atoms with Crippen LogP contribution in [0.1, 0.15) is 4.88 Å². The van der Waals surface area contributed by atoms with Crippen LogP contribution >= 0.6 is 34.5 Å². The highest BCUT2D eigenvalue weighted by Gasteiger charge is 2.14. The van der Waals surface area contributed by atoms with Crippen LogP contribution in [0.4, 0.5) is 5.69 Å². The number of nitrogens with zero attached hydrogens (tertiary/aromatic N) is 1.